The van der Waals surface area contributed by atoms with Crippen molar-refractivity contribution in [2.45, 2.75) is 46.0 Å². The third kappa shape index (κ3) is 7.36. The predicted octanol–water partition coefficient (Wildman–Crippen LogP) is 7.08. The summed E-state index contributed by atoms with van der Waals surface area (Å²) < 4.78 is 11.8. The van der Waals surface area contributed by atoms with Crippen LogP contribution in [0.5, 0.6) is 11.5 Å². The van der Waals surface area contributed by atoms with Crippen LogP contribution in [0.4, 0.5) is 0 Å². The number of hydrogen-bond donors (Lipinski definition) is 0. The number of halogens is 1. The van der Waals surface area contributed by atoms with Crippen LogP contribution in [-0.4, -0.2) is 30.5 Å². The van der Waals surface area contributed by atoms with E-state index in [9.17, 15) is 0 Å². The Labute approximate surface area is 193 Å². The molecule has 0 aliphatic rings. The zero-order chi connectivity index (χ0) is 22.7. The molecule has 0 heterocycles. The lowest BCUT2D eigenvalue weighted by molar-refractivity contribution is 0.295. The van der Waals surface area contributed by atoms with Crippen LogP contribution in [0.1, 0.15) is 50.3 Å². The number of allylic oxidation sites excluding steroid dienone is 1. The molecule has 0 saturated heterocycles. The Morgan fingerprint density at radius 1 is 1.00 bits per heavy atom. The smallest absolute Gasteiger partial charge is 0.122 e. The molecule has 0 radical (unpaired) electrons. The maximum atomic E-state index is 5.92. The fourth-order valence-corrected chi connectivity index (χ4v) is 3.54. The SMILES string of the molecule is C=CN(/C=C\C)CCCOc1ccc(C(C)(C)c2ccc(OCCCCl)c(C)c2)cc1. The zero-order valence-corrected chi connectivity index (χ0v) is 20.1. The number of aryl methyl sites for hydroxylation is 1. The topological polar surface area (TPSA) is 21.7 Å². The van der Waals surface area contributed by atoms with E-state index in [1.807, 2.05) is 25.4 Å². The predicted molar refractivity (Wildman–Crippen MR) is 132 cm³/mol. The van der Waals surface area contributed by atoms with Crippen molar-refractivity contribution in [3.63, 3.8) is 0 Å². The molecule has 2 aromatic carbocycles. The summed E-state index contributed by atoms with van der Waals surface area (Å²) in [4.78, 5) is 2.06. The van der Waals surface area contributed by atoms with Crippen LogP contribution in [0, 0.1) is 6.92 Å². The molecule has 0 aliphatic carbocycles. The number of alkyl halides is 1. The quantitative estimate of drug-likeness (QED) is 0.245. The number of hydrogen-bond acceptors (Lipinski definition) is 3. The molecule has 0 atom stereocenters. The van der Waals surface area contributed by atoms with E-state index in [4.69, 9.17) is 21.1 Å². The van der Waals surface area contributed by atoms with Gasteiger partial charge in [-0.2, -0.15) is 0 Å². The normalized spacial score (nSPS) is 11.5. The highest BCUT2D eigenvalue weighted by Gasteiger charge is 2.24. The van der Waals surface area contributed by atoms with Crippen molar-refractivity contribution in [2.75, 3.05) is 25.6 Å². The monoisotopic (exact) mass is 441 g/mol. The maximum absolute atomic E-state index is 5.92. The fraction of sp³-hybridized carbons (Fsp3) is 0.407. The van der Waals surface area contributed by atoms with Gasteiger partial charge in [0, 0.05) is 17.8 Å². The second-order valence-electron chi connectivity index (χ2n) is 8.13. The number of rotatable bonds is 13. The van der Waals surface area contributed by atoms with Crippen LogP contribution in [0.2, 0.25) is 0 Å². The first-order chi connectivity index (χ1) is 14.9. The second kappa shape index (κ2) is 12.5. The van der Waals surface area contributed by atoms with E-state index in [0.29, 0.717) is 19.1 Å². The third-order valence-electron chi connectivity index (χ3n) is 5.41. The average molecular weight is 442 g/mol. The Kier molecular flexibility index (Phi) is 10.00. The lowest BCUT2D eigenvalue weighted by atomic mass is 9.77. The van der Waals surface area contributed by atoms with E-state index < -0.39 is 0 Å². The van der Waals surface area contributed by atoms with Gasteiger partial charge >= 0.3 is 0 Å². The van der Waals surface area contributed by atoms with E-state index in [1.54, 1.807) is 0 Å². The zero-order valence-electron chi connectivity index (χ0n) is 19.4. The highest BCUT2D eigenvalue weighted by Crippen LogP contribution is 2.34. The van der Waals surface area contributed by atoms with E-state index in [2.05, 4.69) is 74.7 Å². The van der Waals surface area contributed by atoms with Crippen LogP contribution >= 0.6 is 11.6 Å². The summed E-state index contributed by atoms with van der Waals surface area (Å²) in [6.07, 6.45) is 7.64. The van der Waals surface area contributed by atoms with Gasteiger partial charge in [0.1, 0.15) is 11.5 Å². The first-order valence-electron chi connectivity index (χ1n) is 11.0. The minimum absolute atomic E-state index is 0.116. The number of ether oxygens (including phenoxy) is 2. The van der Waals surface area contributed by atoms with Gasteiger partial charge in [-0.3, -0.25) is 0 Å². The molecule has 0 fully saturated rings. The van der Waals surface area contributed by atoms with Gasteiger partial charge in [-0.1, -0.05) is 50.8 Å². The summed E-state index contributed by atoms with van der Waals surface area (Å²) in [5, 5.41) is 0. The molecule has 0 saturated carbocycles. The van der Waals surface area contributed by atoms with Crippen LogP contribution in [0.15, 0.2) is 67.5 Å². The van der Waals surface area contributed by atoms with Crippen molar-refractivity contribution in [1.29, 1.82) is 0 Å². The first kappa shape index (κ1) is 24.9. The van der Waals surface area contributed by atoms with Crippen molar-refractivity contribution in [2.24, 2.45) is 0 Å². The van der Waals surface area contributed by atoms with Crippen LogP contribution in [-0.2, 0) is 5.41 Å². The average Bonchev–Trinajstić information content (AvgIpc) is 2.77. The highest BCUT2D eigenvalue weighted by atomic mass is 35.5. The lowest BCUT2D eigenvalue weighted by Crippen LogP contribution is -2.19. The standard InChI is InChI=1S/C27H36ClNO2/c1-6-17-29(7-2)18-9-20-30-25-13-10-23(11-14-25)27(4,5)24-12-15-26(22(3)21-24)31-19-8-16-28/h6-7,10-15,17,21H,2,8-9,16,18-20H2,1,3-5H3/b17-6-. The fourth-order valence-electron chi connectivity index (χ4n) is 3.43. The maximum Gasteiger partial charge on any atom is 0.122 e. The number of nitrogens with zero attached hydrogens (tertiary/aromatic N) is 1. The van der Waals surface area contributed by atoms with Gasteiger partial charge in [-0.25, -0.2) is 0 Å². The summed E-state index contributed by atoms with van der Waals surface area (Å²) in [6.45, 7) is 14.6. The van der Waals surface area contributed by atoms with E-state index >= 15 is 0 Å². The van der Waals surface area contributed by atoms with Crippen LogP contribution in [0.3, 0.4) is 0 Å². The van der Waals surface area contributed by atoms with Crippen molar-refractivity contribution >= 4 is 11.6 Å². The van der Waals surface area contributed by atoms with Crippen molar-refractivity contribution < 1.29 is 9.47 Å². The van der Waals surface area contributed by atoms with Gasteiger partial charge in [0.15, 0.2) is 0 Å². The van der Waals surface area contributed by atoms with Gasteiger partial charge in [0.05, 0.1) is 13.2 Å². The molecule has 0 spiro atoms. The molecule has 0 aromatic heterocycles. The molecule has 0 bridgehead atoms. The Balaban J connectivity index is 1.97. The molecule has 2 rings (SSSR count). The lowest BCUT2D eigenvalue weighted by Gasteiger charge is -2.27. The summed E-state index contributed by atoms with van der Waals surface area (Å²) in [7, 11) is 0. The van der Waals surface area contributed by atoms with Crippen LogP contribution < -0.4 is 9.47 Å². The van der Waals surface area contributed by atoms with Crippen LogP contribution in [0.25, 0.3) is 0 Å². The molecule has 4 heteroatoms. The molecule has 168 valence electrons. The molecule has 3 nitrogen and oxygen atoms in total. The molecule has 31 heavy (non-hydrogen) atoms. The minimum Gasteiger partial charge on any atom is -0.494 e. The van der Waals surface area contributed by atoms with E-state index in [0.717, 1.165) is 36.4 Å². The molecule has 0 unspecified atom stereocenters. The molecule has 0 aliphatic heterocycles. The molecular formula is C27H36ClNO2. The van der Waals surface area contributed by atoms with Crippen molar-refractivity contribution in [1.82, 2.24) is 4.90 Å². The molecule has 2 aromatic rings. The minimum atomic E-state index is -0.116. The van der Waals surface area contributed by atoms with Gasteiger partial charge < -0.3 is 14.4 Å². The second-order valence-corrected chi connectivity index (χ2v) is 8.50. The Morgan fingerprint density at radius 2 is 1.68 bits per heavy atom. The van der Waals surface area contributed by atoms with E-state index in [1.165, 1.54) is 11.1 Å². The van der Waals surface area contributed by atoms with Gasteiger partial charge in [0.25, 0.3) is 0 Å². The highest BCUT2D eigenvalue weighted by molar-refractivity contribution is 6.17. The molecule has 0 N–H and O–H groups in total. The Morgan fingerprint density at radius 3 is 2.29 bits per heavy atom. The van der Waals surface area contributed by atoms with Gasteiger partial charge in [0.2, 0.25) is 0 Å². The van der Waals surface area contributed by atoms with Crippen molar-refractivity contribution in [3.05, 3.63) is 84.2 Å². The summed E-state index contributed by atoms with van der Waals surface area (Å²) in [5.74, 6) is 2.45. The summed E-state index contributed by atoms with van der Waals surface area (Å²) in [5.41, 5.74) is 3.54. The molecular weight excluding hydrogens is 406 g/mol. The summed E-state index contributed by atoms with van der Waals surface area (Å²) in [6, 6.07) is 14.9. The van der Waals surface area contributed by atoms with Gasteiger partial charge in [-0.15, -0.1) is 11.6 Å². The molecule has 0 amide bonds. The third-order valence-corrected chi connectivity index (χ3v) is 5.68. The number of benzene rings is 2. The largest absolute Gasteiger partial charge is 0.494 e. The van der Waals surface area contributed by atoms with E-state index in [-0.39, 0.29) is 5.41 Å². The van der Waals surface area contributed by atoms with Crippen molar-refractivity contribution in [3.8, 4) is 11.5 Å². The Bertz CT molecular complexity index is 843. The Hall–Kier alpha value is -2.39. The van der Waals surface area contributed by atoms with Gasteiger partial charge in [-0.05, 0) is 74.0 Å². The first-order valence-corrected chi connectivity index (χ1v) is 11.5. The summed E-state index contributed by atoms with van der Waals surface area (Å²) >= 11 is 5.74.